The van der Waals surface area contributed by atoms with Gasteiger partial charge >= 0.3 is 0 Å². The lowest BCUT2D eigenvalue weighted by Gasteiger charge is -2.22. The summed E-state index contributed by atoms with van der Waals surface area (Å²) in [5, 5.41) is 3.09. The van der Waals surface area contributed by atoms with Crippen molar-refractivity contribution in [2.45, 2.75) is 20.4 Å². The van der Waals surface area contributed by atoms with E-state index in [0.29, 0.717) is 0 Å². The molecule has 0 bridgehead atoms. The molecule has 0 saturated carbocycles. The Labute approximate surface area is 114 Å². The minimum Gasteiger partial charge on any atom is -0.316 e. The van der Waals surface area contributed by atoms with E-state index in [9.17, 15) is 0 Å². The zero-order valence-electron chi connectivity index (χ0n) is 11.7. The van der Waals surface area contributed by atoms with Gasteiger partial charge in [-0.25, -0.2) is 9.97 Å². The highest BCUT2D eigenvalue weighted by Gasteiger charge is 2.11. The molecule has 0 atom stereocenters. The van der Waals surface area contributed by atoms with Crippen molar-refractivity contribution < 1.29 is 0 Å². The number of hydrogen-bond donors (Lipinski definition) is 1. The molecule has 0 radical (unpaired) electrons. The summed E-state index contributed by atoms with van der Waals surface area (Å²) in [5.74, 6) is 0.747. The van der Waals surface area contributed by atoms with Crippen LogP contribution in [-0.2, 0) is 6.54 Å². The molecule has 0 aliphatic heterocycles. The molecule has 19 heavy (non-hydrogen) atoms. The summed E-state index contributed by atoms with van der Waals surface area (Å²) >= 11 is 0. The van der Waals surface area contributed by atoms with Crippen molar-refractivity contribution in [1.82, 2.24) is 15.3 Å². The van der Waals surface area contributed by atoms with Crippen LogP contribution in [0, 0.1) is 6.92 Å². The molecular weight excluding hydrogens is 236 g/mol. The summed E-state index contributed by atoms with van der Waals surface area (Å²) in [6.45, 7) is 5.84. The largest absolute Gasteiger partial charge is 0.316 e. The summed E-state index contributed by atoms with van der Waals surface area (Å²) in [6.07, 6.45) is 3.75. The van der Waals surface area contributed by atoms with E-state index >= 15 is 0 Å². The van der Waals surface area contributed by atoms with E-state index in [1.54, 1.807) is 0 Å². The first-order chi connectivity index (χ1) is 9.26. The molecule has 4 nitrogen and oxygen atoms in total. The van der Waals surface area contributed by atoms with E-state index in [2.05, 4.69) is 46.2 Å². The number of benzene rings is 1. The van der Waals surface area contributed by atoms with Crippen LogP contribution in [0.2, 0.25) is 0 Å². The third-order valence-corrected chi connectivity index (χ3v) is 3.04. The Hall–Kier alpha value is -1.94. The zero-order chi connectivity index (χ0) is 13.7. The molecule has 0 aliphatic carbocycles. The first-order valence-electron chi connectivity index (χ1n) is 6.55. The second kappa shape index (κ2) is 6.29. The Morgan fingerprint density at radius 2 is 1.84 bits per heavy atom. The van der Waals surface area contributed by atoms with Crippen LogP contribution >= 0.6 is 0 Å². The third-order valence-electron chi connectivity index (χ3n) is 3.04. The fourth-order valence-electron chi connectivity index (χ4n) is 2.07. The standard InChI is InChI=1S/C15H20N4/c1-4-19(14-8-6-5-7-12(14)2)15-17-10-13(9-16-3)11-18-15/h5-8,10-11,16H,4,9H2,1-3H3. The monoisotopic (exact) mass is 256 g/mol. The highest BCUT2D eigenvalue weighted by molar-refractivity contribution is 5.61. The summed E-state index contributed by atoms with van der Waals surface area (Å²) in [4.78, 5) is 11.0. The van der Waals surface area contributed by atoms with Crippen molar-refractivity contribution in [1.29, 1.82) is 0 Å². The fraction of sp³-hybridized carbons (Fsp3) is 0.333. The maximum absolute atomic E-state index is 4.46. The van der Waals surface area contributed by atoms with Crippen LogP contribution in [0.15, 0.2) is 36.7 Å². The van der Waals surface area contributed by atoms with Crippen LogP contribution in [0.25, 0.3) is 0 Å². The molecule has 1 heterocycles. The maximum Gasteiger partial charge on any atom is 0.229 e. The van der Waals surface area contributed by atoms with Gasteiger partial charge in [0.05, 0.1) is 0 Å². The minimum atomic E-state index is 0.747. The molecule has 0 fully saturated rings. The summed E-state index contributed by atoms with van der Waals surface area (Å²) in [7, 11) is 1.92. The molecule has 1 aromatic carbocycles. The van der Waals surface area contributed by atoms with Crippen molar-refractivity contribution in [2.75, 3.05) is 18.5 Å². The van der Waals surface area contributed by atoms with Gasteiger partial charge in [-0.1, -0.05) is 18.2 Å². The topological polar surface area (TPSA) is 41.1 Å². The average Bonchev–Trinajstić information content (AvgIpc) is 2.44. The molecule has 0 unspecified atom stereocenters. The van der Waals surface area contributed by atoms with Gasteiger partial charge in [0.25, 0.3) is 0 Å². The zero-order valence-corrected chi connectivity index (χ0v) is 11.7. The Balaban J connectivity index is 2.29. The number of para-hydroxylation sites is 1. The molecule has 4 heteroatoms. The van der Waals surface area contributed by atoms with Gasteiger partial charge in [-0.15, -0.1) is 0 Å². The van der Waals surface area contributed by atoms with Crippen LogP contribution in [-0.4, -0.2) is 23.6 Å². The van der Waals surface area contributed by atoms with Gasteiger partial charge in [0.15, 0.2) is 0 Å². The number of hydrogen-bond acceptors (Lipinski definition) is 4. The van der Waals surface area contributed by atoms with Crippen molar-refractivity contribution in [3.05, 3.63) is 47.8 Å². The van der Waals surface area contributed by atoms with Crippen LogP contribution < -0.4 is 10.2 Å². The van der Waals surface area contributed by atoms with Crippen LogP contribution in [0.3, 0.4) is 0 Å². The molecule has 2 aromatic rings. The van der Waals surface area contributed by atoms with Crippen molar-refractivity contribution in [3.63, 3.8) is 0 Å². The number of anilines is 2. The molecule has 0 saturated heterocycles. The normalized spacial score (nSPS) is 10.5. The smallest absolute Gasteiger partial charge is 0.229 e. The lowest BCUT2D eigenvalue weighted by atomic mass is 10.2. The molecule has 1 aromatic heterocycles. The van der Waals surface area contributed by atoms with E-state index in [1.165, 1.54) is 5.56 Å². The van der Waals surface area contributed by atoms with E-state index < -0.39 is 0 Å². The molecule has 100 valence electrons. The van der Waals surface area contributed by atoms with Crippen molar-refractivity contribution >= 4 is 11.6 Å². The molecule has 0 amide bonds. The lowest BCUT2D eigenvalue weighted by Crippen LogP contribution is -2.20. The van der Waals surface area contributed by atoms with Gasteiger partial charge in [0.2, 0.25) is 5.95 Å². The van der Waals surface area contributed by atoms with Crippen molar-refractivity contribution in [2.24, 2.45) is 0 Å². The van der Waals surface area contributed by atoms with Crippen LogP contribution in [0.1, 0.15) is 18.1 Å². The van der Waals surface area contributed by atoms with Gasteiger partial charge in [0, 0.05) is 36.7 Å². The Morgan fingerprint density at radius 1 is 1.16 bits per heavy atom. The molecule has 2 rings (SSSR count). The van der Waals surface area contributed by atoms with Gasteiger partial charge in [-0.05, 0) is 32.5 Å². The first kappa shape index (κ1) is 13.5. The quantitative estimate of drug-likeness (QED) is 0.893. The molecule has 0 spiro atoms. The summed E-state index contributed by atoms with van der Waals surface area (Å²) < 4.78 is 0. The molecule has 1 N–H and O–H groups in total. The highest BCUT2D eigenvalue weighted by atomic mass is 15.2. The van der Waals surface area contributed by atoms with Gasteiger partial charge in [-0.3, -0.25) is 0 Å². The average molecular weight is 256 g/mol. The SMILES string of the molecule is CCN(c1ncc(CNC)cn1)c1ccccc1C. The number of nitrogens with one attached hydrogen (secondary N) is 1. The highest BCUT2D eigenvalue weighted by Crippen LogP contribution is 2.24. The number of aromatic nitrogens is 2. The number of aryl methyl sites for hydroxylation is 1. The predicted molar refractivity (Wildman–Crippen MR) is 78.7 cm³/mol. The summed E-state index contributed by atoms with van der Waals surface area (Å²) in [5.41, 5.74) is 3.48. The third kappa shape index (κ3) is 3.09. The lowest BCUT2D eigenvalue weighted by molar-refractivity contribution is 0.803. The fourth-order valence-corrected chi connectivity index (χ4v) is 2.07. The Bertz CT molecular complexity index is 522. The Kier molecular flexibility index (Phi) is 4.47. The van der Waals surface area contributed by atoms with Gasteiger partial charge in [0.1, 0.15) is 0 Å². The van der Waals surface area contributed by atoms with Crippen LogP contribution in [0.4, 0.5) is 11.6 Å². The second-order valence-corrected chi connectivity index (χ2v) is 4.45. The number of nitrogens with zero attached hydrogens (tertiary/aromatic N) is 3. The Morgan fingerprint density at radius 3 is 2.42 bits per heavy atom. The maximum atomic E-state index is 4.46. The first-order valence-corrected chi connectivity index (χ1v) is 6.55. The predicted octanol–water partition coefficient (Wildman–Crippen LogP) is 2.66. The molecule has 0 aliphatic rings. The number of rotatable bonds is 5. The minimum absolute atomic E-state index is 0.747. The van der Waals surface area contributed by atoms with Gasteiger partial charge < -0.3 is 10.2 Å². The van der Waals surface area contributed by atoms with E-state index in [0.717, 1.165) is 30.3 Å². The summed E-state index contributed by atoms with van der Waals surface area (Å²) in [6, 6.07) is 8.29. The van der Waals surface area contributed by atoms with Crippen molar-refractivity contribution in [3.8, 4) is 0 Å². The van der Waals surface area contributed by atoms with E-state index in [1.807, 2.05) is 31.6 Å². The van der Waals surface area contributed by atoms with Gasteiger partial charge in [-0.2, -0.15) is 0 Å². The van der Waals surface area contributed by atoms with Crippen LogP contribution in [0.5, 0.6) is 0 Å². The second-order valence-electron chi connectivity index (χ2n) is 4.45. The molecular formula is C15H20N4. The van der Waals surface area contributed by atoms with E-state index in [-0.39, 0.29) is 0 Å². The van der Waals surface area contributed by atoms with E-state index in [4.69, 9.17) is 0 Å².